The number of aliphatic carboxylic acids is 1. The lowest BCUT2D eigenvalue weighted by Crippen LogP contribution is -2.15. The van der Waals surface area contributed by atoms with E-state index in [-0.39, 0.29) is 5.57 Å². The second kappa shape index (κ2) is 8.31. The summed E-state index contributed by atoms with van der Waals surface area (Å²) in [5.74, 6) is -2.57. The van der Waals surface area contributed by atoms with Gasteiger partial charge in [0.15, 0.2) is 0 Å². The second-order valence-electron chi connectivity index (χ2n) is 6.64. The number of carbonyl (C=O) groups is 2. The maximum atomic E-state index is 12.4. The molecule has 4 aromatic rings. The fourth-order valence-corrected chi connectivity index (χ4v) is 3.29. The zero-order valence-corrected chi connectivity index (χ0v) is 16.5. The first-order chi connectivity index (χ1) is 14.5. The number of hydrogen-bond acceptors (Lipinski definition) is 4. The van der Waals surface area contributed by atoms with E-state index in [1.165, 1.54) is 6.08 Å². The minimum atomic E-state index is -1.54. The van der Waals surface area contributed by atoms with Gasteiger partial charge in [-0.1, -0.05) is 54.1 Å². The second-order valence-corrected chi connectivity index (χ2v) is 7.05. The summed E-state index contributed by atoms with van der Waals surface area (Å²) in [7, 11) is 0. The van der Waals surface area contributed by atoms with Crippen molar-refractivity contribution in [1.29, 1.82) is 0 Å². The normalized spacial score (nSPS) is 11.6. The Balaban J connectivity index is 1.71. The highest BCUT2D eigenvalue weighted by Gasteiger charge is 2.21. The Morgan fingerprint density at radius 2 is 1.80 bits per heavy atom. The predicted molar refractivity (Wildman–Crippen MR) is 115 cm³/mol. The molecule has 148 valence electrons. The summed E-state index contributed by atoms with van der Waals surface area (Å²) in [6.07, 6.45) is 4.77. The summed E-state index contributed by atoms with van der Waals surface area (Å²) >= 11 is 6.20. The lowest BCUT2D eigenvalue weighted by molar-refractivity contribution is -0.146. The molecule has 0 atom stereocenters. The average molecular weight is 418 g/mol. The summed E-state index contributed by atoms with van der Waals surface area (Å²) < 4.78 is 1.67. The molecule has 2 aromatic carbocycles. The van der Waals surface area contributed by atoms with Crippen LogP contribution in [0.15, 0.2) is 73.1 Å². The van der Waals surface area contributed by atoms with Crippen LogP contribution in [-0.2, 0) is 16.1 Å². The SMILES string of the molecule is O=C(O)C(=O)C(=Cc1cnn(Cc2ccccc2Cl)c1)c1ccc2ccccc2n1. The zero-order valence-electron chi connectivity index (χ0n) is 15.7. The molecule has 0 bridgehead atoms. The zero-order chi connectivity index (χ0) is 21.1. The molecule has 2 aromatic heterocycles. The van der Waals surface area contributed by atoms with E-state index < -0.39 is 11.8 Å². The number of carbonyl (C=O) groups excluding carboxylic acids is 1. The maximum absolute atomic E-state index is 12.4. The molecule has 0 aliphatic carbocycles. The van der Waals surface area contributed by atoms with Crippen molar-refractivity contribution in [1.82, 2.24) is 14.8 Å². The number of nitrogens with zero attached hydrogens (tertiary/aromatic N) is 3. The van der Waals surface area contributed by atoms with Gasteiger partial charge in [-0.2, -0.15) is 5.10 Å². The van der Waals surface area contributed by atoms with Crippen LogP contribution in [0.25, 0.3) is 22.6 Å². The van der Waals surface area contributed by atoms with E-state index in [0.29, 0.717) is 28.3 Å². The molecule has 0 saturated heterocycles. The van der Waals surface area contributed by atoms with Gasteiger partial charge in [-0.15, -0.1) is 0 Å². The topological polar surface area (TPSA) is 85.1 Å². The van der Waals surface area contributed by atoms with Crippen LogP contribution in [0.5, 0.6) is 0 Å². The van der Waals surface area contributed by atoms with Gasteiger partial charge in [0, 0.05) is 22.2 Å². The molecule has 7 heteroatoms. The van der Waals surface area contributed by atoms with Crippen LogP contribution >= 0.6 is 11.6 Å². The first-order valence-corrected chi connectivity index (χ1v) is 9.50. The summed E-state index contributed by atoms with van der Waals surface area (Å²) in [5, 5.41) is 15.1. The molecule has 0 aliphatic heterocycles. The molecule has 0 aliphatic rings. The monoisotopic (exact) mass is 417 g/mol. The smallest absolute Gasteiger partial charge is 0.377 e. The van der Waals surface area contributed by atoms with Gasteiger partial charge in [0.2, 0.25) is 0 Å². The van der Waals surface area contributed by atoms with Crippen molar-refractivity contribution >= 4 is 45.9 Å². The molecule has 6 nitrogen and oxygen atoms in total. The quantitative estimate of drug-likeness (QED) is 0.373. The Hall–Kier alpha value is -3.77. The van der Waals surface area contributed by atoms with Gasteiger partial charge in [-0.25, -0.2) is 9.78 Å². The van der Waals surface area contributed by atoms with Gasteiger partial charge in [-0.3, -0.25) is 9.48 Å². The molecule has 0 amide bonds. The molecule has 30 heavy (non-hydrogen) atoms. The first-order valence-electron chi connectivity index (χ1n) is 9.12. The fraction of sp³-hybridized carbons (Fsp3) is 0.0435. The molecule has 1 N–H and O–H groups in total. The van der Waals surface area contributed by atoms with Crippen molar-refractivity contribution in [2.45, 2.75) is 6.54 Å². The molecule has 4 rings (SSSR count). The summed E-state index contributed by atoms with van der Waals surface area (Å²) in [5.41, 5.74) is 2.44. The number of Topliss-reactive ketones (excluding diaryl/α,β-unsaturated/α-hetero) is 1. The lowest BCUT2D eigenvalue weighted by atomic mass is 10.0. The Kier molecular flexibility index (Phi) is 5.41. The van der Waals surface area contributed by atoms with E-state index in [1.807, 2.05) is 48.5 Å². The Bertz CT molecular complexity index is 1290. The van der Waals surface area contributed by atoms with E-state index in [9.17, 15) is 14.7 Å². The van der Waals surface area contributed by atoms with Crippen molar-refractivity contribution in [3.63, 3.8) is 0 Å². The van der Waals surface area contributed by atoms with E-state index in [2.05, 4.69) is 10.1 Å². The number of halogens is 1. The highest BCUT2D eigenvalue weighted by atomic mass is 35.5. The molecule has 0 fully saturated rings. The number of ketones is 1. The van der Waals surface area contributed by atoms with Crippen molar-refractivity contribution in [2.24, 2.45) is 0 Å². The molecule has 0 spiro atoms. The third-order valence-electron chi connectivity index (χ3n) is 4.57. The van der Waals surface area contributed by atoms with Gasteiger partial charge in [0.1, 0.15) is 0 Å². The highest BCUT2D eigenvalue weighted by Crippen LogP contribution is 2.22. The number of rotatable bonds is 6. The van der Waals surface area contributed by atoms with Crippen LogP contribution in [-0.4, -0.2) is 31.6 Å². The number of carboxylic acid groups (broad SMARTS) is 1. The molecular weight excluding hydrogens is 402 g/mol. The van der Waals surface area contributed by atoms with E-state index in [4.69, 9.17) is 11.6 Å². The Morgan fingerprint density at radius 3 is 2.60 bits per heavy atom. The number of hydrogen-bond donors (Lipinski definition) is 1. The molecule has 0 unspecified atom stereocenters. The van der Waals surface area contributed by atoms with Crippen LogP contribution in [0.3, 0.4) is 0 Å². The van der Waals surface area contributed by atoms with E-state index >= 15 is 0 Å². The summed E-state index contributed by atoms with van der Waals surface area (Å²) in [6.45, 7) is 0.448. The van der Waals surface area contributed by atoms with E-state index in [1.54, 1.807) is 29.2 Å². The number of carboxylic acids is 1. The van der Waals surface area contributed by atoms with Crippen LogP contribution < -0.4 is 0 Å². The summed E-state index contributed by atoms with van der Waals surface area (Å²) in [4.78, 5) is 28.2. The summed E-state index contributed by atoms with van der Waals surface area (Å²) in [6, 6.07) is 18.3. The number of para-hydroxylation sites is 1. The fourth-order valence-electron chi connectivity index (χ4n) is 3.10. The maximum Gasteiger partial charge on any atom is 0.377 e. The van der Waals surface area contributed by atoms with Crippen molar-refractivity contribution in [3.8, 4) is 0 Å². The minimum absolute atomic E-state index is 0.00875. The van der Waals surface area contributed by atoms with Crippen molar-refractivity contribution in [3.05, 3.63) is 94.9 Å². The molecule has 0 saturated carbocycles. The number of fused-ring (bicyclic) bond motifs is 1. The number of benzene rings is 2. The average Bonchev–Trinajstić information content (AvgIpc) is 3.20. The largest absolute Gasteiger partial charge is 0.475 e. The van der Waals surface area contributed by atoms with E-state index in [0.717, 1.165) is 10.9 Å². The van der Waals surface area contributed by atoms with Gasteiger partial charge in [0.25, 0.3) is 5.78 Å². The third-order valence-corrected chi connectivity index (χ3v) is 4.94. The first kappa shape index (κ1) is 19.5. The van der Waals surface area contributed by atoms with Gasteiger partial charge >= 0.3 is 5.97 Å². The highest BCUT2D eigenvalue weighted by molar-refractivity contribution is 6.52. The Morgan fingerprint density at radius 1 is 1.03 bits per heavy atom. The van der Waals surface area contributed by atoms with Crippen LogP contribution in [0, 0.1) is 0 Å². The predicted octanol–water partition coefficient (Wildman–Crippen LogP) is 4.33. The molecule has 0 radical (unpaired) electrons. The molecular formula is C23H16ClN3O3. The standard InChI is InChI=1S/C23H16ClN3O3/c24-19-7-3-1-6-17(19)14-27-13-15(12-25-27)11-18(22(28)23(29)30)21-10-9-16-5-2-4-8-20(16)26-21/h1-13H,14H2,(H,29,30). The Labute approximate surface area is 177 Å². The minimum Gasteiger partial charge on any atom is -0.475 e. The van der Waals surface area contributed by atoms with Crippen molar-refractivity contribution in [2.75, 3.05) is 0 Å². The lowest BCUT2D eigenvalue weighted by Gasteiger charge is -2.05. The molecule has 2 heterocycles. The van der Waals surface area contributed by atoms with Crippen molar-refractivity contribution < 1.29 is 14.7 Å². The van der Waals surface area contributed by atoms with Gasteiger partial charge < -0.3 is 5.11 Å². The van der Waals surface area contributed by atoms with Gasteiger partial charge in [-0.05, 0) is 29.8 Å². The van der Waals surface area contributed by atoms with Gasteiger partial charge in [0.05, 0.1) is 29.5 Å². The van der Waals surface area contributed by atoms with Crippen LogP contribution in [0.1, 0.15) is 16.8 Å². The van der Waals surface area contributed by atoms with Crippen LogP contribution in [0.4, 0.5) is 0 Å². The number of aromatic nitrogens is 3. The third kappa shape index (κ3) is 4.14. The van der Waals surface area contributed by atoms with Crippen LogP contribution in [0.2, 0.25) is 5.02 Å². The number of pyridine rings is 1.